The van der Waals surface area contributed by atoms with Crippen LogP contribution in [-0.2, 0) is 19.8 Å². The van der Waals surface area contributed by atoms with E-state index in [1.54, 1.807) is 0 Å². The van der Waals surface area contributed by atoms with Crippen molar-refractivity contribution in [2.75, 3.05) is 13.2 Å². The average Bonchev–Trinajstić information content (AvgIpc) is 2.74. The van der Waals surface area contributed by atoms with Crippen LogP contribution in [0.4, 0.5) is 13.2 Å². The van der Waals surface area contributed by atoms with Crippen molar-refractivity contribution in [3.05, 3.63) is 29.8 Å². The SMILES string of the molecule is CCCCC(CC)COP(=O)(OCC(CC)CCCC)Oc1ccc(C(F)(F)F)cc1. The molecule has 0 aliphatic carbocycles. The Morgan fingerprint density at radius 2 is 1.29 bits per heavy atom. The largest absolute Gasteiger partial charge is 0.530 e. The lowest BCUT2D eigenvalue weighted by molar-refractivity contribution is -0.137. The van der Waals surface area contributed by atoms with Gasteiger partial charge in [0.05, 0.1) is 18.8 Å². The molecule has 2 atom stereocenters. The first-order valence-electron chi connectivity index (χ1n) is 11.4. The van der Waals surface area contributed by atoms with Crippen molar-refractivity contribution < 1.29 is 31.3 Å². The van der Waals surface area contributed by atoms with Gasteiger partial charge in [-0.2, -0.15) is 13.2 Å². The summed E-state index contributed by atoms with van der Waals surface area (Å²) in [5.41, 5.74) is -0.798. The van der Waals surface area contributed by atoms with Crippen molar-refractivity contribution in [2.24, 2.45) is 11.8 Å². The van der Waals surface area contributed by atoms with Crippen LogP contribution in [0, 0.1) is 11.8 Å². The first-order valence-corrected chi connectivity index (χ1v) is 12.9. The highest BCUT2D eigenvalue weighted by molar-refractivity contribution is 7.48. The molecule has 2 unspecified atom stereocenters. The summed E-state index contributed by atoms with van der Waals surface area (Å²) in [6.07, 6.45) is 3.38. The highest BCUT2D eigenvalue weighted by atomic mass is 31.2. The third-order valence-corrected chi connectivity index (χ3v) is 6.79. The molecular weight excluding hydrogens is 428 g/mol. The number of phosphoric acid groups is 1. The zero-order valence-electron chi connectivity index (χ0n) is 19.2. The predicted octanol–water partition coefficient (Wildman–Crippen LogP) is 8.66. The molecule has 0 aliphatic heterocycles. The van der Waals surface area contributed by atoms with Crippen LogP contribution < -0.4 is 4.52 Å². The molecule has 0 aromatic heterocycles. The Bertz CT molecular complexity index is 625. The molecule has 0 N–H and O–H groups in total. The number of rotatable bonds is 16. The molecule has 0 fully saturated rings. The third kappa shape index (κ3) is 10.9. The molecule has 1 rings (SSSR count). The third-order valence-electron chi connectivity index (χ3n) is 5.42. The van der Waals surface area contributed by atoms with Gasteiger partial charge in [-0.3, -0.25) is 9.05 Å². The number of phosphoric ester groups is 1. The zero-order valence-corrected chi connectivity index (χ0v) is 20.1. The van der Waals surface area contributed by atoms with E-state index in [2.05, 4.69) is 13.8 Å². The van der Waals surface area contributed by atoms with Gasteiger partial charge in [-0.1, -0.05) is 66.2 Å². The molecule has 0 aliphatic rings. The Morgan fingerprint density at radius 3 is 1.65 bits per heavy atom. The normalized spacial score (nSPS) is 16.0. The molecule has 0 spiro atoms. The monoisotopic (exact) mass is 466 g/mol. The highest BCUT2D eigenvalue weighted by Gasteiger charge is 2.33. The van der Waals surface area contributed by atoms with E-state index in [4.69, 9.17) is 13.6 Å². The van der Waals surface area contributed by atoms with Crippen LogP contribution in [0.15, 0.2) is 24.3 Å². The van der Waals surface area contributed by atoms with E-state index in [1.807, 2.05) is 13.8 Å². The second-order valence-electron chi connectivity index (χ2n) is 7.99. The number of benzene rings is 1. The maximum absolute atomic E-state index is 13.4. The smallest absolute Gasteiger partial charge is 0.404 e. The predicted molar refractivity (Wildman–Crippen MR) is 118 cm³/mol. The van der Waals surface area contributed by atoms with Crippen LogP contribution in [0.25, 0.3) is 0 Å². The van der Waals surface area contributed by atoms with E-state index in [-0.39, 0.29) is 30.8 Å². The molecule has 1 aromatic carbocycles. The molecular formula is C23H38F3O4P. The fourth-order valence-corrected chi connectivity index (χ4v) is 4.46. The molecule has 180 valence electrons. The Morgan fingerprint density at radius 1 is 0.839 bits per heavy atom. The Hall–Kier alpha value is -1.04. The van der Waals surface area contributed by atoms with Crippen LogP contribution in [-0.4, -0.2) is 13.2 Å². The van der Waals surface area contributed by atoms with E-state index < -0.39 is 19.6 Å². The van der Waals surface area contributed by atoms with Gasteiger partial charge in [-0.05, 0) is 48.9 Å². The topological polar surface area (TPSA) is 44.8 Å². The summed E-state index contributed by atoms with van der Waals surface area (Å²) in [6, 6.07) is 4.08. The number of halogens is 3. The minimum absolute atomic E-state index is 0.0274. The van der Waals surface area contributed by atoms with Crippen LogP contribution >= 0.6 is 7.82 Å². The van der Waals surface area contributed by atoms with Crippen molar-refractivity contribution >= 4 is 7.82 Å². The Balaban J connectivity index is 2.90. The summed E-state index contributed by atoms with van der Waals surface area (Å²) < 4.78 is 68.7. The summed E-state index contributed by atoms with van der Waals surface area (Å²) in [4.78, 5) is 0. The fraction of sp³-hybridized carbons (Fsp3) is 0.739. The van der Waals surface area contributed by atoms with Crippen molar-refractivity contribution in [2.45, 2.75) is 85.2 Å². The molecule has 0 saturated carbocycles. The number of hydrogen-bond donors (Lipinski definition) is 0. The summed E-state index contributed by atoms with van der Waals surface area (Å²) in [6.45, 7) is 8.75. The van der Waals surface area contributed by atoms with E-state index in [1.165, 1.54) is 0 Å². The van der Waals surface area contributed by atoms with Crippen molar-refractivity contribution in [3.63, 3.8) is 0 Å². The van der Waals surface area contributed by atoms with Gasteiger partial charge in [0, 0.05) is 0 Å². The number of hydrogen-bond acceptors (Lipinski definition) is 4. The van der Waals surface area contributed by atoms with Crippen LogP contribution in [0.1, 0.15) is 84.6 Å². The Kier molecular flexibility index (Phi) is 12.8. The lowest BCUT2D eigenvalue weighted by atomic mass is 10.0. The molecule has 31 heavy (non-hydrogen) atoms. The fourth-order valence-electron chi connectivity index (χ4n) is 3.11. The first-order chi connectivity index (χ1) is 14.7. The van der Waals surface area contributed by atoms with E-state index in [0.29, 0.717) is 0 Å². The van der Waals surface area contributed by atoms with E-state index in [0.717, 1.165) is 75.6 Å². The first kappa shape index (κ1) is 28.0. The van der Waals surface area contributed by atoms with Gasteiger partial charge >= 0.3 is 14.0 Å². The lowest BCUT2D eigenvalue weighted by Gasteiger charge is -2.23. The number of alkyl halides is 3. The van der Waals surface area contributed by atoms with Crippen molar-refractivity contribution in [3.8, 4) is 5.75 Å². The van der Waals surface area contributed by atoms with Gasteiger partial charge in [-0.25, -0.2) is 4.57 Å². The molecule has 1 aromatic rings. The van der Waals surface area contributed by atoms with Gasteiger partial charge in [0.25, 0.3) is 0 Å². The van der Waals surface area contributed by atoms with E-state index >= 15 is 0 Å². The summed E-state index contributed by atoms with van der Waals surface area (Å²) in [5, 5.41) is 0. The zero-order chi connectivity index (χ0) is 23.3. The summed E-state index contributed by atoms with van der Waals surface area (Å²) in [7, 11) is -3.98. The molecule has 0 heterocycles. The minimum atomic E-state index is -4.45. The average molecular weight is 467 g/mol. The molecule has 0 bridgehead atoms. The maximum Gasteiger partial charge on any atom is 0.530 e. The minimum Gasteiger partial charge on any atom is -0.404 e. The molecule has 0 saturated heterocycles. The highest BCUT2D eigenvalue weighted by Crippen LogP contribution is 2.51. The second-order valence-corrected chi connectivity index (χ2v) is 9.58. The summed E-state index contributed by atoms with van der Waals surface area (Å²) >= 11 is 0. The van der Waals surface area contributed by atoms with Gasteiger partial charge in [0.15, 0.2) is 0 Å². The maximum atomic E-state index is 13.4. The Labute approximate surface area is 185 Å². The molecule has 4 nitrogen and oxygen atoms in total. The van der Waals surface area contributed by atoms with E-state index in [9.17, 15) is 17.7 Å². The molecule has 0 radical (unpaired) electrons. The second kappa shape index (κ2) is 14.2. The van der Waals surface area contributed by atoms with Gasteiger partial charge in [-0.15, -0.1) is 0 Å². The van der Waals surface area contributed by atoms with Gasteiger partial charge in [0.1, 0.15) is 5.75 Å². The van der Waals surface area contributed by atoms with Gasteiger partial charge < -0.3 is 4.52 Å². The van der Waals surface area contributed by atoms with Gasteiger partial charge in [0.2, 0.25) is 0 Å². The lowest BCUT2D eigenvalue weighted by Crippen LogP contribution is -2.14. The molecule has 8 heteroatoms. The van der Waals surface area contributed by atoms with Crippen molar-refractivity contribution in [1.29, 1.82) is 0 Å². The standard InChI is InChI=1S/C23H38F3O4P/c1-5-9-11-19(7-3)17-28-31(27,29-18-20(8-4)12-10-6-2)30-22-15-13-21(14-16-22)23(24,25)26/h13-16,19-20H,5-12,17-18H2,1-4H3. The van der Waals surface area contributed by atoms with Crippen LogP contribution in [0.3, 0.4) is 0 Å². The van der Waals surface area contributed by atoms with Crippen molar-refractivity contribution in [1.82, 2.24) is 0 Å². The molecule has 0 amide bonds. The van der Waals surface area contributed by atoms with Crippen LogP contribution in [0.2, 0.25) is 0 Å². The quantitative estimate of drug-likeness (QED) is 0.229. The van der Waals surface area contributed by atoms with Crippen LogP contribution in [0.5, 0.6) is 5.75 Å². The number of unbranched alkanes of at least 4 members (excludes halogenated alkanes) is 2. The summed E-state index contributed by atoms with van der Waals surface area (Å²) in [5.74, 6) is 0.463.